The lowest BCUT2D eigenvalue weighted by atomic mass is 10.2. The monoisotopic (exact) mass is 285 g/mol. The largest absolute Gasteiger partial charge is 0.369 e. The Morgan fingerprint density at radius 1 is 1.37 bits per heavy atom. The third-order valence-electron chi connectivity index (χ3n) is 2.75. The van der Waals surface area contributed by atoms with Crippen molar-refractivity contribution in [1.82, 2.24) is 9.71 Å². The molecule has 2 N–H and O–H groups in total. The molecule has 1 heterocycles. The lowest BCUT2D eigenvalue weighted by Crippen LogP contribution is -2.33. The molecular formula is C13H23N3O2S. The third kappa shape index (κ3) is 4.80. The molecule has 1 unspecified atom stereocenters. The fraction of sp³-hybridized carbons (Fsp3) is 0.615. The van der Waals surface area contributed by atoms with Crippen LogP contribution < -0.4 is 10.0 Å². The predicted molar refractivity (Wildman–Crippen MR) is 77.7 cm³/mol. The lowest BCUT2D eigenvalue weighted by molar-refractivity contribution is 0.534. The maximum atomic E-state index is 12.3. The van der Waals surface area contributed by atoms with E-state index in [-0.39, 0.29) is 10.9 Å². The molecule has 0 spiro atoms. The van der Waals surface area contributed by atoms with Crippen molar-refractivity contribution >= 4 is 15.8 Å². The van der Waals surface area contributed by atoms with Gasteiger partial charge in [-0.05, 0) is 32.4 Å². The van der Waals surface area contributed by atoms with Crippen molar-refractivity contribution < 1.29 is 8.42 Å². The van der Waals surface area contributed by atoms with Gasteiger partial charge in [-0.15, -0.1) is 0 Å². The van der Waals surface area contributed by atoms with Crippen LogP contribution in [0.25, 0.3) is 0 Å². The smallest absolute Gasteiger partial charge is 0.244 e. The van der Waals surface area contributed by atoms with E-state index < -0.39 is 10.0 Å². The number of pyridine rings is 1. The molecule has 1 aromatic rings. The van der Waals surface area contributed by atoms with Crippen molar-refractivity contribution in [3.8, 4) is 0 Å². The van der Waals surface area contributed by atoms with Gasteiger partial charge < -0.3 is 5.32 Å². The number of sulfonamides is 1. The molecule has 1 aromatic heterocycles. The molecule has 1 rings (SSSR count). The van der Waals surface area contributed by atoms with Crippen LogP contribution in [-0.2, 0) is 10.0 Å². The van der Waals surface area contributed by atoms with Crippen LogP contribution in [0.4, 0.5) is 5.82 Å². The second-order valence-corrected chi connectivity index (χ2v) is 6.23. The maximum Gasteiger partial charge on any atom is 0.244 e. The number of hydrogen-bond acceptors (Lipinski definition) is 4. The molecule has 0 bridgehead atoms. The van der Waals surface area contributed by atoms with E-state index in [1.807, 2.05) is 13.8 Å². The minimum atomic E-state index is -3.52. The quantitative estimate of drug-likeness (QED) is 0.769. The van der Waals surface area contributed by atoms with Crippen molar-refractivity contribution in [2.45, 2.75) is 51.0 Å². The molecule has 0 amide bonds. The highest BCUT2D eigenvalue weighted by Gasteiger charge is 2.21. The van der Waals surface area contributed by atoms with Crippen molar-refractivity contribution in [3.63, 3.8) is 0 Å². The summed E-state index contributed by atoms with van der Waals surface area (Å²) in [7, 11) is -3.52. The van der Waals surface area contributed by atoms with Crippen LogP contribution >= 0.6 is 0 Å². The van der Waals surface area contributed by atoms with E-state index in [0.717, 1.165) is 19.3 Å². The van der Waals surface area contributed by atoms with Crippen molar-refractivity contribution in [2.24, 2.45) is 0 Å². The van der Waals surface area contributed by atoms with Crippen molar-refractivity contribution in [1.29, 1.82) is 0 Å². The second-order valence-electron chi connectivity index (χ2n) is 4.55. The lowest BCUT2D eigenvalue weighted by Gasteiger charge is -2.15. The molecule has 1 atom stereocenters. The Morgan fingerprint density at radius 3 is 2.74 bits per heavy atom. The first-order chi connectivity index (χ1) is 9.01. The average Bonchev–Trinajstić information content (AvgIpc) is 2.37. The van der Waals surface area contributed by atoms with Crippen LogP contribution in [0.3, 0.4) is 0 Å². The van der Waals surface area contributed by atoms with Gasteiger partial charge >= 0.3 is 0 Å². The fourth-order valence-corrected chi connectivity index (χ4v) is 3.22. The van der Waals surface area contributed by atoms with E-state index in [2.05, 4.69) is 21.9 Å². The van der Waals surface area contributed by atoms with Gasteiger partial charge in [0.05, 0.1) is 0 Å². The Balaban J connectivity index is 2.88. The molecule has 0 aliphatic rings. The topological polar surface area (TPSA) is 71.1 Å². The zero-order valence-electron chi connectivity index (χ0n) is 11.8. The predicted octanol–water partition coefficient (Wildman–Crippen LogP) is 2.37. The van der Waals surface area contributed by atoms with E-state index in [9.17, 15) is 8.42 Å². The van der Waals surface area contributed by atoms with Crippen LogP contribution in [0.1, 0.15) is 40.0 Å². The molecule has 0 aliphatic carbocycles. The molecule has 0 saturated carbocycles. The van der Waals surface area contributed by atoms with Crippen molar-refractivity contribution in [2.75, 3.05) is 11.9 Å². The number of hydrogen-bond donors (Lipinski definition) is 2. The molecule has 0 saturated heterocycles. The summed E-state index contributed by atoms with van der Waals surface area (Å²) in [4.78, 5) is 4.28. The number of nitrogens with zero attached hydrogens (tertiary/aromatic N) is 1. The van der Waals surface area contributed by atoms with Gasteiger partial charge in [0.2, 0.25) is 10.0 Å². The highest BCUT2D eigenvalue weighted by molar-refractivity contribution is 7.89. The summed E-state index contributed by atoms with van der Waals surface area (Å²) in [6.45, 7) is 6.51. The minimum absolute atomic E-state index is 0.0698. The summed E-state index contributed by atoms with van der Waals surface area (Å²) >= 11 is 0. The molecule has 6 heteroatoms. The summed E-state index contributed by atoms with van der Waals surface area (Å²) in [6.07, 6.45) is 4.49. The molecule has 108 valence electrons. The Labute approximate surface area is 115 Å². The SMILES string of the molecule is CCCCC(C)NS(=O)(=O)c1cccnc1NCC. The van der Waals surface area contributed by atoms with Crippen LogP contribution in [0.2, 0.25) is 0 Å². The standard InChI is InChI=1S/C13H23N3O2S/c1-4-6-8-11(3)16-19(17,18)12-9-7-10-15-13(12)14-5-2/h7,9-11,16H,4-6,8H2,1-3H3,(H,14,15). The first-order valence-electron chi connectivity index (χ1n) is 6.72. The van der Waals surface area contributed by atoms with Gasteiger partial charge in [0.1, 0.15) is 10.7 Å². The van der Waals surface area contributed by atoms with E-state index in [4.69, 9.17) is 0 Å². The van der Waals surface area contributed by atoms with Gasteiger partial charge in [-0.2, -0.15) is 0 Å². The van der Waals surface area contributed by atoms with Crippen molar-refractivity contribution in [3.05, 3.63) is 18.3 Å². The first-order valence-corrected chi connectivity index (χ1v) is 8.20. The van der Waals surface area contributed by atoms with Crippen LogP contribution in [0.15, 0.2) is 23.2 Å². The Hall–Kier alpha value is -1.14. The van der Waals surface area contributed by atoms with Gasteiger partial charge in [0.15, 0.2) is 0 Å². The molecule has 19 heavy (non-hydrogen) atoms. The highest BCUT2D eigenvalue weighted by atomic mass is 32.2. The molecule has 0 aliphatic heterocycles. The molecule has 0 aromatic carbocycles. The normalized spacial score (nSPS) is 13.2. The summed E-state index contributed by atoms with van der Waals surface area (Å²) < 4.78 is 27.3. The van der Waals surface area contributed by atoms with Gasteiger partial charge in [-0.25, -0.2) is 18.1 Å². The van der Waals surface area contributed by atoms with E-state index >= 15 is 0 Å². The molecule has 5 nitrogen and oxygen atoms in total. The van der Waals surface area contributed by atoms with Gasteiger partial charge in [-0.3, -0.25) is 0 Å². The van der Waals surface area contributed by atoms with Crippen LogP contribution in [0.5, 0.6) is 0 Å². The zero-order chi connectivity index (χ0) is 14.3. The average molecular weight is 285 g/mol. The number of aromatic nitrogens is 1. The van der Waals surface area contributed by atoms with Crippen LogP contribution in [0, 0.1) is 0 Å². The van der Waals surface area contributed by atoms with E-state index in [1.165, 1.54) is 0 Å². The van der Waals surface area contributed by atoms with Gasteiger partial charge in [0.25, 0.3) is 0 Å². The molecule has 0 fully saturated rings. The number of unbranched alkanes of at least 4 members (excludes halogenated alkanes) is 1. The maximum absolute atomic E-state index is 12.3. The van der Waals surface area contributed by atoms with E-state index in [0.29, 0.717) is 12.4 Å². The Morgan fingerprint density at radius 2 is 2.11 bits per heavy atom. The number of nitrogens with one attached hydrogen (secondary N) is 2. The first kappa shape index (κ1) is 15.9. The van der Waals surface area contributed by atoms with E-state index in [1.54, 1.807) is 18.3 Å². The highest BCUT2D eigenvalue weighted by Crippen LogP contribution is 2.18. The number of anilines is 1. The van der Waals surface area contributed by atoms with Gasteiger partial charge in [0, 0.05) is 18.8 Å². The third-order valence-corrected chi connectivity index (χ3v) is 4.37. The summed E-state index contributed by atoms with van der Waals surface area (Å²) in [5.41, 5.74) is 0. The Kier molecular flexibility index (Phi) is 6.24. The van der Waals surface area contributed by atoms with Crippen LogP contribution in [-0.4, -0.2) is 26.0 Å². The summed E-state index contributed by atoms with van der Waals surface area (Å²) in [6, 6.07) is 3.13. The number of rotatable bonds is 8. The summed E-state index contributed by atoms with van der Waals surface area (Å²) in [5.74, 6) is 0.403. The Bertz CT molecular complexity index is 488. The fourth-order valence-electron chi connectivity index (χ4n) is 1.81. The molecule has 0 radical (unpaired) electrons. The second kappa shape index (κ2) is 7.45. The zero-order valence-corrected chi connectivity index (χ0v) is 12.6. The minimum Gasteiger partial charge on any atom is -0.369 e. The summed E-state index contributed by atoms with van der Waals surface area (Å²) in [5, 5.41) is 2.97. The molecular weight excluding hydrogens is 262 g/mol. The van der Waals surface area contributed by atoms with Gasteiger partial charge in [-0.1, -0.05) is 19.8 Å².